The number of amides is 1. The van der Waals surface area contributed by atoms with E-state index in [4.69, 9.17) is 5.73 Å². The zero-order valence-corrected chi connectivity index (χ0v) is 11.7. The first kappa shape index (κ1) is 13.8. The zero-order chi connectivity index (χ0) is 13.1. The molecule has 4 heteroatoms. The molecule has 2 fully saturated rings. The monoisotopic (exact) mass is 253 g/mol. The van der Waals surface area contributed by atoms with E-state index < -0.39 is 0 Å². The van der Waals surface area contributed by atoms with Gasteiger partial charge in [0, 0.05) is 18.5 Å². The molecule has 0 radical (unpaired) electrons. The Hall–Kier alpha value is -0.610. The third kappa shape index (κ3) is 3.23. The molecule has 4 nitrogen and oxygen atoms in total. The summed E-state index contributed by atoms with van der Waals surface area (Å²) >= 11 is 0. The fourth-order valence-corrected chi connectivity index (χ4v) is 3.25. The normalized spacial score (nSPS) is 29.6. The molecule has 0 aromatic rings. The predicted molar refractivity (Wildman–Crippen MR) is 73.1 cm³/mol. The summed E-state index contributed by atoms with van der Waals surface area (Å²) in [5, 5.41) is 3.16. The van der Waals surface area contributed by atoms with Crippen molar-refractivity contribution in [3.63, 3.8) is 0 Å². The maximum atomic E-state index is 12.2. The van der Waals surface area contributed by atoms with Crippen molar-refractivity contribution < 1.29 is 4.79 Å². The van der Waals surface area contributed by atoms with Gasteiger partial charge < -0.3 is 16.0 Å². The summed E-state index contributed by atoms with van der Waals surface area (Å²) in [4.78, 5) is 14.4. The minimum Gasteiger partial charge on any atom is -0.354 e. The van der Waals surface area contributed by atoms with Crippen LogP contribution in [0.1, 0.15) is 32.1 Å². The number of hydrogen-bond donors (Lipinski definition) is 2. The van der Waals surface area contributed by atoms with Crippen LogP contribution in [0.25, 0.3) is 0 Å². The summed E-state index contributed by atoms with van der Waals surface area (Å²) in [6.45, 7) is 1.45. The highest BCUT2D eigenvalue weighted by Gasteiger charge is 2.35. The Morgan fingerprint density at radius 1 is 1.33 bits per heavy atom. The molecule has 0 bridgehead atoms. The third-order valence-corrected chi connectivity index (χ3v) is 4.61. The van der Waals surface area contributed by atoms with Gasteiger partial charge in [-0.1, -0.05) is 6.42 Å². The van der Waals surface area contributed by atoms with E-state index in [1.165, 1.54) is 12.8 Å². The number of rotatable bonds is 6. The van der Waals surface area contributed by atoms with E-state index in [-0.39, 0.29) is 11.8 Å². The highest BCUT2D eigenvalue weighted by molar-refractivity contribution is 5.79. The molecule has 2 rings (SSSR count). The van der Waals surface area contributed by atoms with Crippen molar-refractivity contribution in [1.82, 2.24) is 10.2 Å². The van der Waals surface area contributed by atoms with Gasteiger partial charge in [0.1, 0.15) is 0 Å². The molecule has 1 unspecified atom stereocenters. The first-order valence-electron chi connectivity index (χ1n) is 7.27. The van der Waals surface area contributed by atoms with E-state index in [1.807, 2.05) is 0 Å². The van der Waals surface area contributed by atoms with Gasteiger partial charge in [0.15, 0.2) is 0 Å². The largest absolute Gasteiger partial charge is 0.354 e. The fourth-order valence-electron chi connectivity index (χ4n) is 3.25. The SMILES string of the molecule is CN(C)C(CNC(=O)[C@@H]1CCC[C@@H]1CN)C1CC1. The second-order valence-corrected chi connectivity index (χ2v) is 6.15. The number of likely N-dealkylation sites (N-methyl/N-ethyl adjacent to an activating group) is 1. The molecule has 2 aliphatic rings. The molecule has 2 saturated carbocycles. The Morgan fingerprint density at radius 3 is 2.61 bits per heavy atom. The Balaban J connectivity index is 1.79. The molecule has 0 heterocycles. The van der Waals surface area contributed by atoms with Crippen molar-refractivity contribution in [2.24, 2.45) is 23.5 Å². The van der Waals surface area contributed by atoms with Crippen LogP contribution in [0.2, 0.25) is 0 Å². The first-order valence-corrected chi connectivity index (χ1v) is 7.27. The van der Waals surface area contributed by atoms with Gasteiger partial charge in [-0.15, -0.1) is 0 Å². The molecule has 3 N–H and O–H groups in total. The molecule has 2 aliphatic carbocycles. The lowest BCUT2D eigenvalue weighted by molar-refractivity contribution is -0.126. The Morgan fingerprint density at radius 2 is 2.06 bits per heavy atom. The van der Waals surface area contributed by atoms with Crippen LogP contribution in [-0.2, 0) is 4.79 Å². The molecule has 3 atom stereocenters. The standard InChI is InChI=1S/C14H27N3O/c1-17(2)13(10-6-7-10)9-16-14(18)12-5-3-4-11(12)8-15/h10-13H,3-9,15H2,1-2H3,(H,16,18)/t11-,12-,13?/m1/s1. The summed E-state index contributed by atoms with van der Waals surface area (Å²) < 4.78 is 0. The average molecular weight is 253 g/mol. The highest BCUT2D eigenvalue weighted by atomic mass is 16.1. The summed E-state index contributed by atoms with van der Waals surface area (Å²) in [6.07, 6.45) is 5.92. The van der Waals surface area contributed by atoms with E-state index in [0.717, 1.165) is 31.7 Å². The highest BCUT2D eigenvalue weighted by Crippen LogP contribution is 2.35. The van der Waals surface area contributed by atoms with Gasteiger partial charge in [0.2, 0.25) is 5.91 Å². The van der Waals surface area contributed by atoms with E-state index >= 15 is 0 Å². The van der Waals surface area contributed by atoms with Crippen LogP contribution < -0.4 is 11.1 Å². The van der Waals surface area contributed by atoms with Crippen molar-refractivity contribution in [2.45, 2.75) is 38.1 Å². The van der Waals surface area contributed by atoms with Crippen LogP contribution in [0.4, 0.5) is 0 Å². The third-order valence-electron chi connectivity index (χ3n) is 4.61. The van der Waals surface area contributed by atoms with Crippen LogP contribution in [0.5, 0.6) is 0 Å². The van der Waals surface area contributed by atoms with Gasteiger partial charge >= 0.3 is 0 Å². The van der Waals surface area contributed by atoms with Crippen LogP contribution in [0.3, 0.4) is 0 Å². The maximum absolute atomic E-state index is 12.2. The van der Waals surface area contributed by atoms with Crippen molar-refractivity contribution in [2.75, 3.05) is 27.2 Å². The molecule has 0 spiro atoms. The predicted octanol–water partition coefficient (Wildman–Crippen LogP) is 0.818. The molecule has 1 amide bonds. The van der Waals surface area contributed by atoms with E-state index in [0.29, 0.717) is 18.5 Å². The van der Waals surface area contributed by atoms with Crippen molar-refractivity contribution in [3.8, 4) is 0 Å². The van der Waals surface area contributed by atoms with Crippen molar-refractivity contribution in [3.05, 3.63) is 0 Å². The summed E-state index contributed by atoms with van der Waals surface area (Å²) in [5.74, 6) is 1.59. The number of nitrogens with one attached hydrogen (secondary N) is 1. The lowest BCUT2D eigenvalue weighted by Gasteiger charge is -2.26. The number of nitrogens with zero attached hydrogens (tertiary/aromatic N) is 1. The second-order valence-electron chi connectivity index (χ2n) is 6.15. The molecule has 0 aromatic carbocycles. The van der Waals surface area contributed by atoms with Gasteiger partial charge in [-0.3, -0.25) is 4.79 Å². The lowest BCUT2D eigenvalue weighted by atomic mass is 9.95. The van der Waals surface area contributed by atoms with Crippen LogP contribution in [0.15, 0.2) is 0 Å². The minimum absolute atomic E-state index is 0.164. The molecule has 104 valence electrons. The van der Waals surface area contributed by atoms with Crippen LogP contribution >= 0.6 is 0 Å². The second kappa shape index (κ2) is 6.02. The molecule has 0 aromatic heterocycles. The minimum atomic E-state index is 0.164. The van der Waals surface area contributed by atoms with Gasteiger partial charge in [0.25, 0.3) is 0 Å². The topological polar surface area (TPSA) is 58.4 Å². The number of carbonyl (C=O) groups excluding carboxylic acids is 1. The maximum Gasteiger partial charge on any atom is 0.223 e. The van der Waals surface area contributed by atoms with E-state index in [2.05, 4.69) is 24.3 Å². The number of hydrogen-bond acceptors (Lipinski definition) is 3. The van der Waals surface area contributed by atoms with Crippen LogP contribution in [0, 0.1) is 17.8 Å². The van der Waals surface area contributed by atoms with Crippen LogP contribution in [-0.4, -0.2) is 44.0 Å². The molecule has 0 saturated heterocycles. The number of nitrogens with two attached hydrogens (primary N) is 1. The Bertz CT molecular complexity index is 287. The molecular formula is C14H27N3O. The van der Waals surface area contributed by atoms with Gasteiger partial charge in [-0.05, 0) is 58.2 Å². The first-order chi connectivity index (χ1) is 8.63. The molecule has 18 heavy (non-hydrogen) atoms. The number of carbonyl (C=O) groups is 1. The molecular weight excluding hydrogens is 226 g/mol. The fraction of sp³-hybridized carbons (Fsp3) is 0.929. The molecule has 0 aliphatic heterocycles. The summed E-state index contributed by atoms with van der Waals surface area (Å²) in [7, 11) is 4.21. The van der Waals surface area contributed by atoms with E-state index in [9.17, 15) is 4.79 Å². The summed E-state index contributed by atoms with van der Waals surface area (Å²) in [5.41, 5.74) is 5.74. The average Bonchev–Trinajstić information content (AvgIpc) is 3.05. The van der Waals surface area contributed by atoms with Gasteiger partial charge in [-0.2, -0.15) is 0 Å². The van der Waals surface area contributed by atoms with Gasteiger partial charge in [0.05, 0.1) is 0 Å². The lowest BCUT2D eigenvalue weighted by Crippen LogP contribution is -2.44. The quantitative estimate of drug-likeness (QED) is 0.737. The zero-order valence-electron chi connectivity index (χ0n) is 11.7. The Kier molecular flexibility index (Phi) is 4.62. The Labute approximate surface area is 110 Å². The van der Waals surface area contributed by atoms with E-state index in [1.54, 1.807) is 0 Å². The van der Waals surface area contributed by atoms with Gasteiger partial charge in [-0.25, -0.2) is 0 Å². The summed E-state index contributed by atoms with van der Waals surface area (Å²) in [6, 6.07) is 0.506. The van der Waals surface area contributed by atoms with Crippen molar-refractivity contribution >= 4 is 5.91 Å². The van der Waals surface area contributed by atoms with Crippen molar-refractivity contribution in [1.29, 1.82) is 0 Å². The smallest absolute Gasteiger partial charge is 0.223 e.